The summed E-state index contributed by atoms with van der Waals surface area (Å²) in [5.74, 6) is -0.489. The van der Waals surface area contributed by atoms with Crippen LogP contribution in [0.5, 0.6) is 0 Å². The summed E-state index contributed by atoms with van der Waals surface area (Å²) in [5, 5.41) is 0. The zero-order valence-electron chi connectivity index (χ0n) is 15.2. The van der Waals surface area contributed by atoms with Crippen molar-refractivity contribution in [1.82, 2.24) is 14.8 Å². The van der Waals surface area contributed by atoms with Crippen LogP contribution in [0.2, 0.25) is 0 Å². The number of benzene rings is 1. The molecule has 0 radical (unpaired) electrons. The van der Waals surface area contributed by atoms with Crippen LogP contribution in [0.15, 0.2) is 54.5 Å². The van der Waals surface area contributed by atoms with Crippen molar-refractivity contribution >= 4 is 17.4 Å². The summed E-state index contributed by atoms with van der Waals surface area (Å²) >= 11 is 0. The lowest BCUT2D eigenvalue weighted by atomic mass is 10.0. The van der Waals surface area contributed by atoms with Crippen molar-refractivity contribution in [2.24, 2.45) is 0 Å². The van der Waals surface area contributed by atoms with Gasteiger partial charge in [0.2, 0.25) is 0 Å². The average Bonchev–Trinajstić information content (AvgIpc) is 2.95. The Morgan fingerprint density at radius 1 is 0.963 bits per heavy atom. The smallest absolute Gasteiger partial charge is 0.278 e. The maximum Gasteiger partial charge on any atom is 0.278 e. The van der Waals surface area contributed by atoms with E-state index in [2.05, 4.69) is 4.98 Å². The molecule has 0 unspecified atom stereocenters. The van der Waals surface area contributed by atoms with Crippen molar-refractivity contribution in [3.05, 3.63) is 71.2 Å². The van der Waals surface area contributed by atoms with Crippen LogP contribution in [0.3, 0.4) is 0 Å². The number of amides is 2. The number of aromatic nitrogens is 1. The maximum absolute atomic E-state index is 13.2. The molecular weight excluding hydrogens is 342 g/mol. The minimum absolute atomic E-state index is 0.239. The molecular formula is C21H21N3O3. The van der Waals surface area contributed by atoms with E-state index in [1.54, 1.807) is 12.4 Å². The van der Waals surface area contributed by atoms with Gasteiger partial charge in [-0.3, -0.25) is 19.5 Å². The van der Waals surface area contributed by atoms with Crippen LogP contribution in [0.25, 0.3) is 5.57 Å². The van der Waals surface area contributed by atoms with Gasteiger partial charge in [-0.05, 0) is 30.2 Å². The Bertz CT molecular complexity index is 885. The Balaban J connectivity index is 1.73. The van der Waals surface area contributed by atoms with Gasteiger partial charge in [0.15, 0.2) is 0 Å². The highest BCUT2D eigenvalue weighted by molar-refractivity contribution is 6.35. The fourth-order valence-corrected chi connectivity index (χ4v) is 3.44. The highest BCUT2D eigenvalue weighted by atomic mass is 16.5. The van der Waals surface area contributed by atoms with Crippen molar-refractivity contribution in [2.45, 2.75) is 13.5 Å². The molecule has 2 amide bonds. The first-order valence-corrected chi connectivity index (χ1v) is 9.04. The number of carbonyl (C=O) groups is 2. The van der Waals surface area contributed by atoms with Gasteiger partial charge >= 0.3 is 0 Å². The summed E-state index contributed by atoms with van der Waals surface area (Å²) in [6, 6.07) is 11.4. The van der Waals surface area contributed by atoms with Crippen LogP contribution in [-0.2, 0) is 20.9 Å². The second-order valence-electron chi connectivity index (χ2n) is 6.74. The number of hydrogen-bond donors (Lipinski definition) is 0. The van der Waals surface area contributed by atoms with Crippen LogP contribution in [0.4, 0.5) is 0 Å². The van der Waals surface area contributed by atoms with Crippen molar-refractivity contribution in [1.29, 1.82) is 0 Å². The highest BCUT2D eigenvalue weighted by Gasteiger charge is 2.41. The number of aryl methyl sites for hydroxylation is 1. The normalized spacial score (nSPS) is 17.8. The van der Waals surface area contributed by atoms with E-state index in [1.165, 1.54) is 4.90 Å². The summed E-state index contributed by atoms with van der Waals surface area (Å²) in [4.78, 5) is 33.8. The molecule has 0 N–H and O–H groups in total. The number of rotatable bonds is 4. The van der Waals surface area contributed by atoms with E-state index < -0.39 is 0 Å². The Morgan fingerprint density at radius 2 is 1.63 bits per heavy atom. The van der Waals surface area contributed by atoms with E-state index in [1.807, 2.05) is 48.2 Å². The Morgan fingerprint density at radius 3 is 2.30 bits per heavy atom. The molecule has 0 aliphatic carbocycles. The molecule has 0 spiro atoms. The third-order valence-corrected chi connectivity index (χ3v) is 4.90. The van der Waals surface area contributed by atoms with Crippen LogP contribution in [-0.4, -0.2) is 52.9 Å². The quantitative estimate of drug-likeness (QED) is 0.778. The zero-order valence-corrected chi connectivity index (χ0v) is 15.2. The lowest BCUT2D eigenvalue weighted by Crippen LogP contribution is -2.40. The van der Waals surface area contributed by atoms with Crippen molar-refractivity contribution in [3.63, 3.8) is 0 Å². The fourth-order valence-electron chi connectivity index (χ4n) is 3.44. The Hall–Kier alpha value is -2.99. The standard InChI is InChI=1S/C21H21N3O3/c1-15-2-4-17(5-3-15)18-19(23-10-12-27-13-11-23)21(26)24(20(18)25)14-16-6-8-22-9-7-16/h2-9H,10-14H2,1H3. The molecule has 138 valence electrons. The number of nitrogens with zero attached hydrogens (tertiary/aromatic N) is 3. The molecule has 0 bridgehead atoms. The maximum atomic E-state index is 13.2. The van der Waals surface area contributed by atoms with Gasteiger partial charge in [-0.1, -0.05) is 29.8 Å². The van der Waals surface area contributed by atoms with Crippen LogP contribution in [0, 0.1) is 6.92 Å². The molecule has 4 rings (SSSR count). The molecule has 1 aromatic carbocycles. The number of pyridine rings is 1. The van der Waals surface area contributed by atoms with Crippen LogP contribution >= 0.6 is 0 Å². The first-order chi connectivity index (χ1) is 13.1. The molecule has 1 fully saturated rings. The van der Waals surface area contributed by atoms with Crippen molar-refractivity contribution in [3.8, 4) is 0 Å². The van der Waals surface area contributed by atoms with Gasteiger partial charge in [-0.25, -0.2) is 0 Å². The number of carbonyl (C=O) groups excluding carboxylic acids is 2. The van der Waals surface area contributed by atoms with Gasteiger partial charge in [0.1, 0.15) is 5.70 Å². The van der Waals surface area contributed by atoms with E-state index in [4.69, 9.17) is 4.74 Å². The lowest BCUT2D eigenvalue weighted by Gasteiger charge is -2.29. The predicted octanol–water partition coefficient (Wildman–Crippen LogP) is 2.00. The largest absolute Gasteiger partial charge is 0.378 e. The second-order valence-corrected chi connectivity index (χ2v) is 6.74. The van der Waals surface area contributed by atoms with Gasteiger partial charge in [-0.15, -0.1) is 0 Å². The van der Waals surface area contributed by atoms with Crippen molar-refractivity contribution in [2.75, 3.05) is 26.3 Å². The molecule has 6 heteroatoms. The Labute approximate surface area is 158 Å². The number of ether oxygens (including phenoxy) is 1. The molecule has 6 nitrogen and oxygen atoms in total. The second kappa shape index (κ2) is 7.32. The molecule has 2 aliphatic rings. The third-order valence-electron chi connectivity index (χ3n) is 4.90. The van der Waals surface area contributed by atoms with Gasteiger partial charge in [0, 0.05) is 25.5 Å². The van der Waals surface area contributed by atoms with E-state index in [9.17, 15) is 9.59 Å². The summed E-state index contributed by atoms with van der Waals surface area (Å²) in [7, 11) is 0. The van der Waals surface area contributed by atoms with Crippen LogP contribution in [0.1, 0.15) is 16.7 Å². The van der Waals surface area contributed by atoms with E-state index in [0.717, 1.165) is 16.7 Å². The number of morpholine rings is 1. The number of hydrogen-bond acceptors (Lipinski definition) is 5. The van der Waals surface area contributed by atoms with E-state index in [0.29, 0.717) is 37.6 Å². The van der Waals surface area contributed by atoms with Gasteiger partial charge in [0.05, 0.1) is 25.3 Å². The minimum Gasteiger partial charge on any atom is -0.378 e. The topological polar surface area (TPSA) is 62.7 Å². The molecule has 1 saturated heterocycles. The van der Waals surface area contributed by atoms with Crippen LogP contribution < -0.4 is 0 Å². The van der Waals surface area contributed by atoms with Crippen molar-refractivity contribution < 1.29 is 14.3 Å². The molecule has 2 aromatic rings. The first-order valence-electron chi connectivity index (χ1n) is 9.04. The molecule has 2 aliphatic heterocycles. The van der Waals surface area contributed by atoms with Gasteiger partial charge < -0.3 is 9.64 Å². The molecule has 1 aromatic heterocycles. The molecule has 0 saturated carbocycles. The van der Waals surface area contributed by atoms with Gasteiger partial charge in [-0.2, -0.15) is 0 Å². The Kier molecular flexibility index (Phi) is 4.73. The SMILES string of the molecule is Cc1ccc(C2=C(N3CCOCC3)C(=O)N(Cc3ccncc3)C2=O)cc1. The molecule has 27 heavy (non-hydrogen) atoms. The van der Waals surface area contributed by atoms with E-state index >= 15 is 0 Å². The van der Waals surface area contributed by atoms with E-state index in [-0.39, 0.29) is 18.4 Å². The summed E-state index contributed by atoms with van der Waals surface area (Å²) in [6.45, 7) is 4.55. The molecule has 0 atom stereocenters. The van der Waals surface area contributed by atoms with Gasteiger partial charge in [0.25, 0.3) is 11.8 Å². The predicted molar refractivity (Wildman–Crippen MR) is 100 cm³/mol. The highest BCUT2D eigenvalue weighted by Crippen LogP contribution is 2.33. The first kappa shape index (κ1) is 17.4. The average molecular weight is 363 g/mol. The fraction of sp³-hybridized carbons (Fsp3) is 0.286. The summed E-state index contributed by atoms with van der Waals surface area (Å²) in [6.07, 6.45) is 3.33. The monoisotopic (exact) mass is 363 g/mol. The summed E-state index contributed by atoms with van der Waals surface area (Å²) in [5.41, 5.74) is 3.73. The molecule has 3 heterocycles. The lowest BCUT2D eigenvalue weighted by molar-refractivity contribution is -0.138. The zero-order chi connectivity index (χ0) is 18.8. The number of imide groups is 1. The minimum atomic E-state index is -0.248. The summed E-state index contributed by atoms with van der Waals surface area (Å²) < 4.78 is 5.42. The third kappa shape index (κ3) is 3.36.